The molecule has 2 aromatic carbocycles. The molecule has 7 heteroatoms. The summed E-state index contributed by atoms with van der Waals surface area (Å²) >= 11 is 8.07. The molecular formula is C16H18O5S2. The van der Waals surface area contributed by atoms with Gasteiger partial charge in [0.2, 0.25) is 0 Å². The van der Waals surface area contributed by atoms with Crippen molar-refractivity contribution in [2.45, 2.75) is 9.79 Å². The van der Waals surface area contributed by atoms with Crippen LogP contribution in [0.25, 0.3) is 0 Å². The van der Waals surface area contributed by atoms with Gasteiger partial charge in [0.1, 0.15) is 0 Å². The zero-order chi connectivity index (χ0) is 17.8. The molecule has 2 rings (SSSR count). The van der Waals surface area contributed by atoms with Crippen molar-refractivity contribution in [3.8, 4) is 0 Å². The van der Waals surface area contributed by atoms with Crippen LogP contribution in [0.4, 0.5) is 0 Å². The number of ether oxygens (including phenoxy) is 1. The quantitative estimate of drug-likeness (QED) is 0.492. The number of thiol groups is 2. The highest BCUT2D eigenvalue weighted by atomic mass is 32.1. The Morgan fingerprint density at radius 2 is 1.35 bits per heavy atom. The lowest BCUT2D eigenvalue weighted by Gasteiger charge is -1.98. The fourth-order valence-electron chi connectivity index (χ4n) is 1.39. The lowest BCUT2D eigenvalue weighted by molar-refractivity contribution is 0.0599. The molecule has 0 unspecified atom stereocenters. The van der Waals surface area contributed by atoms with E-state index in [0.717, 1.165) is 12.0 Å². The SMILES string of the molecule is CO.COC(=O)c1cccc(S)c1.O=C(O)c1cccc(S)c1. The number of carbonyl (C=O) groups is 2. The summed E-state index contributed by atoms with van der Waals surface area (Å²) in [7, 11) is 2.35. The van der Waals surface area contributed by atoms with E-state index in [4.69, 9.17) is 10.2 Å². The minimum absolute atomic E-state index is 0.271. The number of esters is 1. The first-order chi connectivity index (χ1) is 10.9. The van der Waals surface area contributed by atoms with E-state index in [1.54, 1.807) is 36.4 Å². The molecule has 0 aliphatic heterocycles. The van der Waals surface area contributed by atoms with Crippen molar-refractivity contribution in [1.82, 2.24) is 0 Å². The van der Waals surface area contributed by atoms with Gasteiger partial charge in [-0.15, -0.1) is 25.3 Å². The van der Waals surface area contributed by atoms with Crippen molar-refractivity contribution in [2.24, 2.45) is 0 Å². The molecule has 124 valence electrons. The van der Waals surface area contributed by atoms with Crippen molar-refractivity contribution < 1.29 is 24.5 Å². The summed E-state index contributed by atoms with van der Waals surface area (Å²) in [6.45, 7) is 0. The van der Waals surface area contributed by atoms with E-state index in [1.165, 1.54) is 19.2 Å². The molecular weight excluding hydrogens is 336 g/mol. The molecule has 2 N–H and O–H groups in total. The van der Waals surface area contributed by atoms with Gasteiger partial charge in [0.25, 0.3) is 0 Å². The molecule has 0 heterocycles. The second kappa shape index (κ2) is 11.6. The molecule has 0 saturated carbocycles. The first-order valence-electron chi connectivity index (χ1n) is 6.28. The molecule has 23 heavy (non-hydrogen) atoms. The van der Waals surface area contributed by atoms with E-state index in [-0.39, 0.29) is 11.5 Å². The van der Waals surface area contributed by atoms with Gasteiger partial charge in [-0.05, 0) is 36.4 Å². The molecule has 0 aliphatic rings. The third-order valence-electron chi connectivity index (χ3n) is 2.36. The monoisotopic (exact) mass is 354 g/mol. The summed E-state index contributed by atoms with van der Waals surface area (Å²) < 4.78 is 4.52. The zero-order valence-corrected chi connectivity index (χ0v) is 14.4. The first kappa shape index (κ1) is 21.0. The number of rotatable bonds is 2. The van der Waals surface area contributed by atoms with Crippen molar-refractivity contribution in [2.75, 3.05) is 14.2 Å². The van der Waals surface area contributed by atoms with E-state index < -0.39 is 5.97 Å². The Labute approximate surface area is 145 Å². The molecule has 0 aromatic heterocycles. The Balaban J connectivity index is 0.000000381. The second-order valence-corrected chi connectivity index (χ2v) is 4.93. The van der Waals surface area contributed by atoms with Gasteiger partial charge in [0, 0.05) is 16.9 Å². The Morgan fingerprint density at radius 3 is 1.70 bits per heavy atom. The Morgan fingerprint density at radius 1 is 0.913 bits per heavy atom. The maximum atomic E-state index is 10.9. The van der Waals surface area contributed by atoms with Crippen LogP contribution in [0.5, 0.6) is 0 Å². The minimum Gasteiger partial charge on any atom is -0.478 e. The van der Waals surface area contributed by atoms with Gasteiger partial charge in [-0.1, -0.05) is 12.1 Å². The lowest BCUT2D eigenvalue weighted by atomic mass is 10.2. The standard InChI is InChI=1S/C8H8O2S.C7H6O2S.CH4O/c1-10-8(9)6-3-2-4-7(11)5-6;8-7(9)5-2-1-3-6(10)4-5;1-2/h2-5,11H,1H3;1-4,10H,(H,8,9);2H,1H3. The van der Waals surface area contributed by atoms with E-state index in [9.17, 15) is 9.59 Å². The topological polar surface area (TPSA) is 83.8 Å². The molecule has 0 amide bonds. The van der Waals surface area contributed by atoms with Crippen LogP contribution in [0, 0.1) is 0 Å². The third kappa shape index (κ3) is 8.29. The number of carboxylic acid groups (broad SMARTS) is 1. The van der Waals surface area contributed by atoms with E-state index in [0.29, 0.717) is 10.5 Å². The van der Waals surface area contributed by atoms with Crippen LogP contribution in [0.3, 0.4) is 0 Å². The van der Waals surface area contributed by atoms with Crippen molar-refractivity contribution >= 4 is 37.2 Å². The van der Waals surface area contributed by atoms with Gasteiger partial charge in [-0.25, -0.2) is 9.59 Å². The number of hydrogen-bond acceptors (Lipinski definition) is 6. The average molecular weight is 354 g/mol. The van der Waals surface area contributed by atoms with E-state index in [2.05, 4.69) is 30.0 Å². The predicted molar refractivity (Wildman–Crippen MR) is 93.8 cm³/mol. The van der Waals surface area contributed by atoms with Gasteiger partial charge in [0.15, 0.2) is 0 Å². The smallest absolute Gasteiger partial charge is 0.337 e. The van der Waals surface area contributed by atoms with Gasteiger partial charge < -0.3 is 14.9 Å². The number of hydrogen-bond donors (Lipinski definition) is 4. The van der Waals surface area contributed by atoms with Crippen LogP contribution in [-0.2, 0) is 4.74 Å². The second-order valence-electron chi connectivity index (χ2n) is 3.90. The maximum Gasteiger partial charge on any atom is 0.337 e. The Kier molecular flexibility index (Phi) is 10.6. The normalized spacial score (nSPS) is 8.74. The van der Waals surface area contributed by atoms with Gasteiger partial charge in [-0.3, -0.25) is 0 Å². The summed E-state index contributed by atoms with van der Waals surface area (Å²) in [5.41, 5.74) is 0.799. The average Bonchev–Trinajstić information content (AvgIpc) is 2.56. The molecule has 0 radical (unpaired) electrons. The highest BCUT2D eigenvalue weighted by molar-refractivity contribution is 7.80. The first-order valence-corrected chi connectivity index (χ1v) is 7.18. The number of benzene rings is 2. The molecule has 0 aliphatic carbocycles. The largest absolute Gasteiger partial charge is 0.478 e. The number of aliphatic hydroxyl groups is 1. The fourth-order valence-corrected chi connectivity index (χ4v) is 1.84. The van der Waals surface area contributed by atoms with E-state index >= 15 is 0 Å². The fraction of sp³-hybridized carbons (Fsp3) is 0.125. The van der Waals surface area contributed by atoms with Crippen LogP contribution < -0.4 is 0 Å². The van der Waals surface area contributed by atoms with Gasteiger partial charge in [0.05, 0.1) is 18.2 Å². The molecule has 2 aromatic rings. The highest BCUT2D eigenvalue weighted by Crippen LogP contribution is 2.09. The molecule has 0 atom stereocenters. The van der Waals surface area contributed by atoms with Crippen LogP contribution in [0.15, 0.2) is 58.3 Å². The molecule has 0 saturated heterocycles. The Hall–Kier alpha value is -1.96. The number of aromatic carboxylic acids is 1. The summed E-state index contributed by atoms with van der Waals surface area (Å²) in [5.74, 6) is -1.25. The predicted octanol–water partition coefficient (Wildman–Crippen LogP) is 3.04. The number of carboxylic acids is 1. The van der Waals surface area contributed by atoms with Crippen molar-refractivity contribution in [3.63, 3.8) is 0 Å². The van der Waals surface area contributed by atoms with Crippen LogP contribution in [-0.4, -0.2) is 36.4 Å². The third-order valence-corrected chi connectivity index (χ3v) is 2.92. The van der Waals surface area contributed by atoms with Gasteiger partial charge >= 0.3 is 11.9 Å². The molecule has 0 bridgehead atoms. The van der Waals surface area contributed by atoms with Crippen LogP contribution in [0.1, 0.15) is 20.7 Å². The number of methoxy groups -OCH3 is 1. The Bertz CT molecular complexity index is 644. The highest BCUT2D eigenvalue weighted by Gasteiger charge is 2.03. The van der Waals surface area contributed by atoms with Crippen LogP contribution >= 0.6 is 25.3 Å². The van der Waals surface area contributed by atoms with Crippen molar-refractivity contribution in [1.29, 1.82) is 0 Å². The van der Waals surface area contributed by atoms with Gasteiger partial charge in [-0.2, -0.15) is 0 Å². The molecule has 0 spiro atoms. The molecule has 0 fully saturated rings. The summed E-state index contributed by atoms with van der Waals surface area (Å²) in [5, 5.41) is 15.5. The van der Waals surface area contributed by atoms with E-state index in [1.807, 2.05) is 0 Å². The maximum absolute atomic E-state index is 10.9. The molecule has 5 nitrogen and oxygen atoms in total. The number of aliphatic hydroxyl groups excluding tert-OH is 1. The summed E-state index contributed by atoms with van der Waals surface area (Å²) in [6, 6.07) is 13.3. The summed E-state index contributed by atoms with van der Waals surface area (Å²) in [4.78, 5) is 22.7. The minimum atomic E-state index is -0.920. The lowest BCUT2D eigenvalue weighted by Crippen LogP contribution is -2.00. The van der Waals surface area contributed by atoms with Crippen molar-refractivity contribution in [3.05, 3.63) is 59.7 Å². The zero-order valence-electron chi connectivity index (χ0n) is 12.6. The van der Waals surface area contributed by atoms with Crippen LogP contribution in [0.2, 0.25) is 0 Å². The summed E-state index contributed by atoms with van der Waals surface area (Å²) in [6.07, 6.45) is 0. The number of carbonyl (C=O) groups excluding carboxylic acids is 1.